The third-order valence-electron chi connectivity index (χ3n) is 7.04. The van der Waals surface area contributed by atoms with Gasteiger partial charge in [-0.1, -0.05) is 41.9 Å². The smallest absolute Gasteiger partial charge is 0.229 e. The summed E-state index contributed by atoms with van der Waals surface area (Å²) in [7, 11) is -2.50. The normalized spacial score (nSPS) is 16.6. The minimum absolute atomic E-state index is 0.294. The van der Waals surface area contributed by atoms with Crippen LogP contribution in [0.4, 0.5) is 34.5 Å². The molecule has 0 saturated carbocycles. The molecule has 2 N–H and O–H groups in total. The number of aromatic nitrogens is 2. The fourth-order valence-electron chi connectivity index (χ4n) is 5.14. The molecule has 1 saturated heterocycles. The predicted octanol–water partition coefficient (Wildman–Crippen LogP) is 5.95. The molecular formula is C29H30ClN6O2P. The Morgan fingerprint density at radius 3 is 2.62 bits per heavy atom. The average Bonchev–Trinajstić information content (AvgIpc) is 2.94. The average molecular weight is 561 g/mol. The van der Waals surface area contributed by atoms with E-state index in [-0.39, 0.29) is 0 Å². The maximum Gasteiger partial charge on any atom is 0.229 e. The summed E-state index contributed by atoms with van der Waals surface area (Å²) in [6, 6.07) is 24.4. The van der Waals surface area contributed by atoms with Crippen LogP contribution in [0.5, 0.6) is 5.75 Å². The SMILES string of the molecule is CP(C)(=O)c1ccccc1Nc1nc(Nc2ccc3c(c2)OC[C@@H]2CN(c4ccccc4)CCN32)ncc1Cl. The fraction of sp³-hybridized carbons (Fsp3) is 0.241. The Labute approximate surface area is 233 Å². The van der Waals surface area contributed by atoms with E-state index in [1.807, 2.05) is 42.5 Å². The van der Waals surface area contributed by atoms with E-state index in [1.54, 1.807) is 19.5 Å². The monoisotopic (exact) mass is 560 g/mol. The Kier molecular flexibility index (Phi) is 6.83. The van der Waals surface area contributed by atoms with Crippen LogP contribution in [0, 0.1) is 0 Å². The summed E-state index contributed by atoms with van der Waals surface area (Å²) < 4.78 is 19.0. The Morgan fingerprint density at radius 2 is 1.79 bits per heavy atom. The van der Waals surface area contributed by atoms with Crippen molar-refractivity contribution in [1.82, 2.24) is 9.97 Å². The third-order valence-corrected chi connectivity index (χ3v) is 8.87. The lowest BCUT2D eigenvalue weighted by Gasteiger charge is -2.46. The van der Waals surface area contributed by atoms with Crippen molar-refractivity contribution in [2.75, 3.05) is 60.0 Å². The Hall–Kier alpha value is -3.74. The zero-order valence-electron chi connectivity index (χ0n) is 21.8. The minimum Gasteiger partial charge on any atom is -0.489 e. The van der Waals surface area contributed by atoms with Gasteiger partial charge in [-0.2, -0.15) is 4.98 Å². The lowest BCUT2D eigenvalue weighted by Crippen LogP contribution is -2.57. The van der Waals surface area contributed by atoms with E-state index in [9.17, 15) is 4.57 Å². The van der Waals surface area contributed by atoms with Gasteiger partial charge in [0.1, 0.15) is 24.5 Å². The van der Waals surface area contributed by atoms with Crippen molar-refractivity contribution < 1.29 is 9.30 Å². The summed E-state index contributed by atoms with van der Waals surface area (Å²) in [5, 5.41) is 7.62. The van der Waals surface area contributed by atoms with E-state index < -0.39 is 7.14 Å². The molecule has 2 aliphatic rings. The van der Waals surface area contributed by atoms with Crippen molar-refractivity contribution in [2.45, 2.75) is 6.04 Å². The van der Waals surface area contributed by atoms with Gasteiger partial charge in [0.2, 0.25) is 5.95 Å². The summed E-state index contributed by atoms with van der Waals surface area (Å²) in [6.07, 6.45) is 1.55. The van der Waals surface area contributed by atoms with Crippen molar-refractivity contribution in [3.63, 3.8) is 0 Å². The molecule has 3 heterocycles. The first-order valence-corrected chi connectivity index (χ1v) is 15.9. The lowest BCUT2D eigenvalue weighted by atomic mass is 10.1. The molecule has 0 amide bonds. The van der Waals surface area contributed by atoms with E-state index in [2.05, 4.69) is 60.7 Å². The number of hydrogen-bond acceptors (Lipinski definition) is 8. The van der Waals surface area contributed by atoms with Gasteiger partial charge in [-0.15, -0.1) is 0 Å². The van der Waals surface area contributed by atoms with E-state index in [1.165, 1.54) is 5.69 Å². The summed E-state index contributed by atoms with van der Waals surface area (Å²) >= 11 is 6.41. The number of ether oxygens (including phenoxy) is 1. The van der Waals surface area contributed by atoms with E-state index in [4.69, 9.17) is 16.3 Å². The van der Waals surface area contributed by atoms with Crippen LogP contribution in [-0.2, 0) is 4.57 Å². The van der Waals surface area contributed by atoms with Crippen molar-refractivity contribution >= 4 is 58.6 Å². The second kappa shape index (κ2) is 10.4. The minimum atomic E-state index is -2.50. The van der Waals surface area contributed by atoms with Crippen molar-refractivity contribution in [1.29, 1.82) is 0 Å². The largest absolute Gasteiger partial charge is 0.489 e. The number of fused-ring (bicyclic) bond motifs is 3. The highest BCUT2D eigenvalue weighted by atomic mass is 35.5. The zero-order valence-corrected chi connectivity index (χ0v) is 23.5. The second-order valence-electron chi connectivity index (χ2n) is 10.1. The Bertz CT molecular complexity index is 1550. The van der Waals surface area contributed by atoms with Crippen LogP contribution in [0.15, 0.2) is 79.0 Å². The molecule has 1 atom stereocenters. The standard InChI is InChI=1S/C29H30ClN6O2P/c1-39(2,37)27-11-7-6-10-24(27)33-28-23(30)17-31-29(34-28)32-20-12-13-25-26(16-20)38-19-22-18-35(14-15-36(22)25)21-8-4-3-5-9-21/h3-13,16-17,22H,14-15,18-19H2,1-2H3,(H2,31,32,33,34)/t22-/m0/s1. The van der Waals surface area contributed by atoms with Gasteiger partial charge >= 0.3 is 0 Å². The van der Waals surface area contributed by atoms with Gasteiger partial charge < -0.3 is 29.7 Å². The molecule has 1 fully saturated rings. The molecule has 1 aromatic heterocycles. The number of piperazine rings is 1. The van der Waals surface area contributed by atoms with E-state index in [0.717, 1.165) is 42.1 Å². The summed E-state index contributed by atoms with van der Waals surface area (Å²) in [5.41, 5.74) is 3.88. The number of anilines is 6. The summed E-state index contributed by atoms with van der Waals surface area (Å²) in [6.45, 7) is 6.93. The molecule has 0 unspecified atom stereocenters. The number of rotatable bonds is 6. The van der Waals surface area contributed by atoms with Gasteiger partial charge in [0, 0.05) is 42.4 Å². The highest BCUT2D eigenvalue weighted by molar-refractivity contribution is 7.70. The fourth-order valence-corrected chi connectivity index (χ4v) is 6.43. The first-order chi connectivity index (χ1) is 18.8. The number of benzene rings is 3. The molecular weight excluding hydrogens is 531 g/mol. The summed E-state index contributed by atoms with van der Waals surface area (Å²) in [5.74, 6) is 1.66. The Morgan fingerprint density at radius 1 is 1.00 bits per heavy atom. The molecule has 200 valence electrons. The van der Waals surface area contributed by atoms with Crippen LogP contribution in [-0.4, -0.2) is 55.6 Å². The van der Waals surface area contributed by atoms with Crippen LogP contribution in [0.3, 0.4) is 0 Å². The Balaban J connectivity index is 1.18. The molecule has 0 aliphatic carbocycles. The van der Waals surface area contributed by atoms with Crippen LogP contribution in [0.25, 0.3) is 0 Å². The molecule has 0 radical (unpaired) electrons. The highest BCUT2D eigenvalue weighted by Crippen LogP contribution is 2.40. The number of para-hydroxylation sites is 2. The molecule has 0 spiro atoms. The molecule has 4 aromatic rings. The topological polar surface area (TPSA) is 82.6 Å². The van der Waals surface area contributed by atoms with Crippen molar-refractivity contribution in [3.05, 3.63) is 84.0 Å². The molecule has 2 aliphatic heterocycles. The molecule has 3 aromatic carbocycles. The maximum atomic E-state index is 12.8. The molecule has 8 nitrogen and oxygen atoms in total. The van der Waals surface area contributed by atoms with Gasteiger partial charge in [0.15, 0.2) is 5.82 Å². The number of nitrogens with zero attached hydrogens (tertiary/aromatic N) is 4. The second-order valence-corrected chi connectivity index (χ2v) is 13.7. The highest BCUT2D eigenvalue weighted by Gasteiger charge is 2.33. The predicted molar refractivity (Wildman–Crippen MR) is 161 cm³/mol. The maximum absolute atomic E-state index is 12.8. The first kappa shape index (κ1) is 25.5. The van der Waals surface area contributed by atoms with Gasteiger partial charge in [-0.3, -0.25) is 0 Å². The number of nitrogens with one attached hydrogen (secondary N) is 2. The number of hydrogen-bond donors (Lipinski definition) is 2. The van der Waals surface area contributed by atoms with Crippen LogP contribution in [0.2, 0.25) is 5.02 Å². The molecule has 10 heteroatoms. The number of halogens is 1. The molecule has 0 bridgehead atoms. The third kappa shape index (κ3) is 5.40. The van der Waals surface area contributed by atoms with E-state index >= 15 is 0 Å². The van der Waals surface area contributed by atoms with Gasteiger partial charge in [0.25, 0.3) is 0 Å². The summed E-state index contributed by atoms with van der Waals surface area (Å²) in [4.78, 5) is 13.8. The van der Waals surface area contributed by atoms with Gasteiger partial charge in [0.05, 0.1) is 23.6 Å². The van der Waals surface area contributed by atoms with E-state index in [0.29, 0.717) is 35.1 Å². The van der Waals surface area contributed by atoms with Gasteiger partial charge in [-0.25, -0.2) is 4.98 Å². The quantitative estimate of drug-likeness (QED) is 0.280. The lowest BCUT2D eigenvalue weighted by molar-refractivity contribution is 0.255. The van der Waals surface area contributed by atoms with Crippen molar-refractivity contribution in [2.24, 2.45) is 0 Å². The van der Waals surface area contributed by atoms with Crippen molar-refractivity contribution in [3.8, 4) is 5.75 Å². The first-order valence-electron chi connectivity index (χ1n) is 12.9. The molecule has 39 heavy (non-hydrogen) atoms. The van der Waals surface area contributed by atoms with Crippen LogP contribution in [0.1, 0.15) is 0 Å². The van der Waals surface area contributed by atoms with Crippen LogP contribution >= 0.6 is 18.7 Å². The zero-order chi connectivity index (χ0) is 27.0. The molecule has 6 rings (SSSR count). The van der Waals surface area contributed by atoms with Crippen LogP contribution < -0.4 is 30.5 Å². The van der Waals surface area contributed by atoms with Gasteiger partial charge in [-0.05, 0) is 49.7 Å².